The lowest BCUT2D eigenvalue weighted by Crippen LogP contribution is -1.99. The van der Waals surface area contributed by atoms with Gasteiger partial charge in [0.1, 0.15) is 0 Å². The Balaban J connectivity index is 2.65. The van der Waals surface area contributed by atoms with Crippen LogP contribution in [0.2, 0.25) is 0 Å². The van der Waals surface area contributed by atoms with Gasteiger partial charge in [0.05, 0.1) is 10.7 Å². The number of rotatable bonds is 4. The first-order valence-electron chi connectivity index (χ1n) is 3.54. The fourth-order valence-corrected chi connectivity index (χ4v) is 2.47. The number of halogens is 1. The molecule has 0 aliphatic carbocycles. The Bertz CT molecular complexity index is 438. The lowest BCUT2D eigenvalue weighted by molar-refractivity contribution is -0.380. The summed E-state index contributed by atoms with van der Waals surface area (Å²) < 4.78 is 21.2. The summed E-state index contributed by atoms with van der Waals surface area (Å²) in [4.78, 5) is 10.4. The number of nitro groups is 1. The SMILES string of the molecule is O=[N+]([O-])c1ccc(CCS(=O)(=O)Cl)s1. The normalized spacial score (nSPS) is 11.5. The summed E-state index contributed by atoms with van der Waals surface area (Å²) in [5.41, 5.74) is 0. The molecule has 0 fully saturated rings. The molecule has 0 N–H and O–H groups in total. The first kappa shape index (κ1) is 11.4. The topological polar surface area (TPSA) is 77.3 Å². The summed E-state index contributed by atoms with van der Waals surface area (Å²) in [5.74, 6) is -0.202. The van der Waals surface area contributed by atoms with E-state index in [9.17, 15) is 18.5 Å². The lowest BCUT2D eigenvalue weighted by Gasteiger charge is -1.91. The highest BCUT2D eigenvalue weighted by Crippen LogP contribution is 2.24. The van der Waals surface area contributed by atoms with Crippen LogP contribution in [-0.4, -0.2) is 19.1 Å². The number of hydrogen-bond donors (Lipinski definition) is 0. The minimum atomic E-state index is -3.52. The molecule has 0 amide bonds. The highest BCUT2D eigenvalue weighted by atomic mass is 35.7. The van der Waals surface area contributed by atoms with Crippen molar-refractivity contribution in [3.05, 3.63) is 27.1 Å². The molecule has 1 aromatic heterocycles. The van der Waals surface area contributed by atoms with Gasteiger partial charge in [0.15, 0.2) is 0 Å². The van der Waals surface area contributed by atoms with Crippen molar-refractivity contribution in [1.82, 2.24) is 0 Å². The molecule has 5 nitrogen and oxygen atoms in total. The molecular formula is C6H6ClNO4S2. The van der Waals surface area contributed by atoms with Gasteiger partial charge >= 0.3 is 5.00 Å². The van der Waals surface area contributed by atoms with E-state index in [1.54, 1.807) is 0 Å². The fraction of sp³-hybridized carbons (Fsp3) is 0.333. The Morgan fingerprint density at radius 1 is 1.50 bits per heavy atom. The molecule has 0 bridgehead atoms. The molecule has 8 heteroatoms. The largest absolute Gasteiger partial charge is 0.324 e. The second-order valence-electron chi connectivity index (χ2n) is 2.49. The Labute approximate surface area is 88.9 Å². The molecule has 0 unspecified atom stereocenters. The van der Waals surface area contributed by atoms with Crippen molar-refractivity contribution < 1.29 is 13.3 Å². The van der Waals surface area contributed by atoms with Crippen molar-refractivity contribution in [1.29, 1.82) is 0 Å². The third-order valence-corrected chi connectivity index (χ3v) is 3.67. The number of nitrogens with zero attached hydrogens (tertiary/aromatic N) is 1. The average molecular weight is 256 g/mol. The second kappa shape index (κ2) is 4.24. The van der Waals surface area contributed by atoms with E-state index < -0.39 is 14.0 Å². The van der Waals surface area contributed by atoms with Gasteiger partial charge < -0.3 is 0 Å². The van der Waals surface area contributed by atoms with Crippen molar-refractivity contribution in [2.24, 2.45) is 0 Å². The molecule has 0 spiro atoms. The van der Waals surface area contributed by atoms with Crippen molar-refractivity contribution in [2.45, 2.75) is 6.42 Å². The Kier molecular flexibility index (Phi) is 3.46. The van der Waals surface area contributed by atoms with Crippen LogP contribution in [0, 0.1) is 10.1 Å². The maximum absolute atomic E-state index is 10.6. The molecule has 0 aliphatic heterocycles. The van der Waals surface area contributed by atoms with Crippen molar-refractivity contribution in [3.8, 4) is 0 Å². The van der Waals surface area contributed by atoms with E-state index in [1.165, 1.54) is 12.1 Å². The molecular weight excluding hydrogens is 250 g/mol. The van der Waals surface area contributed by atoms with Gasteiger partial charge in [0, 0.05) is 21.6 Å². The van der Waals surface area contributed by atoms with Crippen LogP contribution < -0.4 is 0 Å². The van der Waals surface area contributed by atoms with E-state index in [-0.39, 0.29) is 17.2 Å². The van der Waals surface area contributed by atoms with Gasteiger partial charge in [-0.15, -0.1) is 0 Å². The van der Waals surface area contributed by atoms with E-state index in [1.807, 2.05) is 0 Å². The number of hydrogen-bond acceptors (Lipinski definition) is 5. The van der Waals surface area contributed by atoms with E-state index in [4.69, 9.17) is 10.7 Å². The number of thiophene rings is 1. The lowest BCUT2D eigenvalue weighted by atomic mass is 10.4. The molecule has 0 radical (unpaired) electrons. The molecule has 14 heavy (non-hydrogen) atoms. The molecule has 0 aromatic carbocycles. The van der Waals surface area contributed by atoms with Crippen molar-refractivity contribution >= 4 is 36.1 Å². The predicted molar refractivity (Wildman–Crippen MR) is 54.3 cm³/mol. The van der Waals surface area contributed by atoms with Crippen molar-refractivity contribution in [2.75, 3.05) is 5.75 Å². The van der Waals surface area contributed by atoms with Crippen LogP contribution in [0.15, 0.2) is 12.1 Å². The maximum atomic E-state index is 10.6. The van der Waals surface area contributed by atoms with E-state index in [0.717, 1.165) is 11.3 Å². The molecule has 0 atom stereocenters. The van der Waals surface area contributed by atoms with E-state index in [2.05, 4.69) is 0 Å². The fourth-order valence-electron chi connectivity index (χ4n) is 0.822. The van der Waals surface area contributed by atoms with E-state index in [0.29, 0.717) is 4.88 Å². The first-order valence-corrected chi connectivity index (χ1v) is 6.83. The summed E-state index contributed by atoms with van der Waals surface area (Å²) in [6.07, 6.45) is 0.213. The first-order chi connectivity index (χ1) is 6.38. The minimum Gasteiger partial charge on any atom is -0.258 e. The summed E-state index contributed by atoms with van der Waals surface area (Å²) in [7, 11) is 1.47. The summed E-state index contributed by atoms with van der Waals surface area (Å²) in [5, 5.41) is 10.3. The summed E-state index contributed by atoms with van der Waals surface area (Å²) in [6, 6.07) is 2.88. The zero-order chi connectivity index (χ0) is 10.8. The van der Waals surface area contributed by atoms with Gasteiger partial charge in [-0.3, -0.25) is 10.1 Å². The highest BCUT2D eigenvalue weighted by Gasteiger charge is 2.12. The summed E-state index contributed by atoms with van der Waals surface area (Å²) in [6.45, 7) is 0. The van der Waals surface area contributed by atoms with Gasteiger partial charge in [-0.1, -0.05) is 11.3 Å². The smallest absolute Gasteiger partial charge is 0.258 e. The van der Waals surface area contributed by atoms with Crippen LogP contribution in [0.3, 0.4) is 0 Å². The van der Waals surface area contributed by atoms with Crippen LogP contribution in [0.5, 0.6) is 0 Å². The minimum absolute atomic E-state index is 0.00645. The van der Waals surface area contributed by atoms with Crippen LogP contribution in [-0.2, 0) is 15.5 Å². The Hall–Kier alpha value is -0.660. The third-order valence-electron chi connectivity index (χ3n) is 1.42. The van der Waals surface area contributed by atoms with Crippen LogP contribution in [0.1, 0.15) is 4.88 Å². The molecule has 1 heterocycles. The maximum Gasteiger partial charge on any atom is 0.324 e. The monoisotopic (exact) mass is 255 g/mol. The quantitative estimate of drug-likeness (QED) is 0.467. The van der Waals surface area contributed by atoms with E-state index >= 15 is 0 Å². The zero-order valence-corrected chi connectivity index (χ0v) is 9.23. The van der Waals surface area contributed by atoms with Crippen LogP contribution in [0.25, 0.3) is 0 Å². The average Bonchev–Trinajstić information content (AvgIpc) is 2.47. The standard InChI is InChI=1S/C6H6ClNO4S2/c7-14(11,12)4-3-5-1-2-6(13-5)8(9)10/h1-2H,3-4H2. The van der Waals surface area contributed by atoms with Gasteiger partial charge in [0.25, 0.3) is 0 Å². The zero-order valence-electron chi connectivity index (χ0n) is 6.84. The molecule has 1 rings (SSSR count). The van der Waals surface area contributed by atoms with Crippen molar-refractivity contribution in [3.63, 3.8) is 0 Å². The Morgan fingerprint density at radius 2 is 2.14 bits per heavy atom. The van der Waals surface area contributed by atoms with Gasteiger partial charge in [-0.2, -0.15) is 0 Å². The molecule has 0 aliphatic rings. The third kappa shape index (κ3) is 3.60. The molecule has 1 aromatic rings. The predicted octanol–water partition coefficient (Wildman–Crippen LogP) is 1.77. The van der Waals surface area contributed by atoms with Gasteiger partial charge in [-0.05, 0) is 12.5 Å². The van der Waals surface area contributed by atoms with Gasteiger partial charge in [0.2, 0.25) is 9.05 Å². The molecule has 0 saturated carbocycles. The van der Waals surface area contributed by atoms with Crippen LogP contribution >= 0.6 is 22.0 Å². The summed E-state index contributed by atoms with van der Waals surface area (Å²) >= 11 is 0.960. The Morgan fingerprint density at radius 3 is 2.57 bits per heavy atom. The highest BCUT2D eigenvalue weighted by molar-refractivity contribution is 8.13. The molecule has 78 valence electrons. The molecule has 0 saturated heterocycles. The van der Waals surface area contributed by atoms with Crippen LogP contribution in [0.4, 0.5) is 5.00 Å². The van der Waals surface area contributed by atoms with Gasteiger partial charge in [-0.25, -0.2) is 8.42 Å². The number of aryl methyl sites for hydroxylation is 1. The second-order valence-corrected chi connectivity index (χ2v) is 6.53.